The average molecular weight is 401 g/mol. The van der Waals surface area contributed by atoms with E-state index in [0.717, 1.165) is 37.8 Å². The van der Waals surface area contributed by atoms with Crippen LogP contribution in [0.3, 0.4) is 0 Å². The first-order chi connectivity index (χ1) is 10.8. The number of halogens is 5. The molecule has 144 valence electrons. The quantitative estimate of drug-likeness (QED) is 0.737. The first kappa shape index (κ1) is 24.1. The zero-order valence-electron chi connectivity index (χ0n) is 14.4. The molecular weight excluding hydrogens is 376 g/mol. The molecule has 1 aliphatic rings. The van der Waals surface area contributed by atoms with E-state index >= 15 is 0 Å². The van der Waals surface area contributed by atoms with E-state index in [2.05, 4.69) is 16.8 Å². The zero-order chi connectivity index (χ0) is 17.0. The van der Waals surface area contributed by atoms with Gasteiger partial charge in [-0.1, -0.05) is 11.6 Å². The Balaban J connectivity index is 0.00000288. The molecule has 1 atom stereocenters. The number of ether oxygens (including phenoxy) is 1. The standard InChI is InChI=1S/C17H23F3N2O.2ClH/c1-12(2)10-16(22-8-6-21-7-9-22)14-5-4-13(23-3)11-15(14)17(18,19)20;;/h4-5,11,16,21H,1,6-10H2,2-3H3;2*1H/t16-;;/m0../s1. The molecule has 0 spiro atoms. The first-order valence-electron chi connectivity index (χ1n) is 7.67. The number of benzene rings is 1. The Labute approximate surface area is 159 Å². The highest BCUT2D eigenvalue weighted by Gasteiger charge is 2.37. The second-order valence-corrected chi connectivity index (χ2v) is 5.91. The van der Waals surface area contributed by atoms with Crippen LogP contribution in [0.15, 0.2) is 30.4 Å². The fraction of sp³-hybridized carbons (Fsp3) is 0.529. The molecule has 0 aliphatic carbocycles. The minimum Gasteiger partial charge on any atom is -0.497 e. The molecule has 0 amide bonds. The van der Waals surface area contributed by atoms with Crippen molar-refractivity contribution in [2.24, 2.45) is 0 Å². The molecule has 1 saturated heterocycles. The highest BCUT2D eigenvalue weighted by atomic mass is 35.5. The summed E-state index contributed by atoms with van der Waals surface area (Å²) in [5, 5.41) is 3.23. The summed E-state index contributed by atoms with van der Waals surface area (Å²) < 4.78 is 45.5. The Morgan fingerprint density at radius 1 is 1.28 bits per heavy atom. The summed E-state index contributed by atoms with van der Waals surface area (Å²) in [5.41, 5.74) is 0.544. The molecule has 1 N–H and O–H groups in total. The monoisotopic (exact) mass is 400 g/mol. The Kier molecular flexibility index (Phi) is 9.87. The molecule has 0 radical (unpaired) electrons. The maximum absolute atomic E-state index is 13.5. The van der Waals surface area contributed by atoms with E-state index in [4.69, 9.17) is 4.74 Å². The van der Waals surface area contributed by atoms with Crippen molar-refractivity contribution in [2.45, 2.75) is 25.6 Å². The lowest BCUT2D eigenvalue weighted by molar-refractivity contribution is -0.139. The molecule has 0 aromatic heterocycles. The van der Waals surface area contributed by atoms with Gasteiger partial charge in [-0.15, -0.1) is 31.4 Å². The lowest BCUT2D eigenvalue weighted by Crippen LogP contribution is -2.45. The summed E-state index contributed by atoms with van der Waals surface area (Å²) in [6, 6.07) is 3.90. The van der Waals surface area contributed by atoms with E-state index in [1.807, 2.05) is 6.92 Å². The van der Waals surface area contributed by atoms with E-state index < -0.39 is 11.7 Å². The van der Waals surface area contributed by atoms with Crippen LogP contribution in [-0.2, 0) is 6.18 Å². The predicted molar refractivity (Wildman–Crippen MR) is 99.1 cm³/mol. The van der Waals surface area contributed by atoms with Crippen LogP contribution in [0.2, 0.25) is 0 Å². The van der Waals surface area contributed by atoms with Crippen molar-refractivity contribution in [3.05, 3.63) is 41.5 Å². The van der Waals surface area contributed by atoms with Crippen molar-refractivity contribution >= 4 is 24.8 Å². The van der Waals surface area contributed by atoms with E-state index in [9.17, 15) is 13.2 Å². The van der Waals surface area contributed by atoms with Crippen molar-refractivity contribution in [1.82, 2.24) is 10.2 Å². The number of rotatable bonds is 5. The number of methoxy groups -OCH3 is 1. The van der Waals surface area contributed by atoms with E-state index in [1.165, 1.54) is 13.2 Å². The normalized spacial score (nSPS) is 16.4. The van der Waals surface area contributed by atoms with Crippen molar-refractivity contribution in [3.63, 3.8) is 0 Å². The maximum atomic E-state index is 13.5. The molecule has 1 aromatic carbocycles. The fourth-order valence-electron chi connectivity index (χ4n) is 2.96. The third kappa shape index (κ3) is 6.37. The van der Waals surface area contributed by atoms with E-state index in [-0.39, 0.29) is 36.6 Å². The molecule has 1 aromatic rings. The molecule has 0 unspecified atom stereocenters. The lowest BCUT2D eigenvalue weighted by atomic mass is 9.93. The molecule has 0 saturated carbocycles. The molecule has 8 heteroatoms. The highest BCUT2D eigenvalue weighted by molar-refractivity contribution is 5.85. The highest BCUT2D eigenvalue weighted by Crippen LogP contribution is 2.40. The van der Waals surface area contributed by atoms with Crippen LogP contribution in [0, 0.1) is 0 Å². The van der Waals surface area contributed by atoms with Gasteiger partial charge in [-0.05, 0) is 31.0 Å². The first-order valence-corrected chi connectivity index (χ1v) is 7.67. The molecule has 25 heavy (non-hydrogen) atoms. The molecule has 3 nitrogen and oxygen atoms in total. The molecule has 1 fully saturated rings. The Hall–Kier alpha value is -0.950. The molecule has 1 heterocycles. The van der Waals surface area contributed by atoms with Gasteiger partial charge in [-0.25, -0.2) is 0 Å². The van der Waals surface area contributed by atoms with E-state index in [1.54, 1.807) is 6.07 Å². The second-order valence-electron chi connectivity index (χ2n) is 5.91. The smallest absolute Gasteiger partial charge is 0.416 e. The second kappa shape index (κ2) is 10.3. The van der Waals surface area contributed by atoms with Gasteiger partial charge in [0.2, 0.25) is 0 Å². The van der Waals surface area contributed by atoms with Crippen LogP contribution in [-0.4, -0.2) is 38.2 Å². The Morgan fingerprint density at radius 3 is 2.36 bits per heavy atom. The van der Waals surface area contributed by atoms with Gasteiger partial charge in [-0.3, -0.25) is 4.90 Å². The number of alkyl halides is 3. The van der Waals surface area contributed by atoms with Crippen LogP contribution in [0.5, 0.6) is 5.75 Å². The number of nitrogens with zero attached hydrogens (tertiary/aromatic N) is 1. The fourth-order valence-corrected chi connectivity index (χ4v) is 2.96. The SMILES string of the molecule is C=C(C)C[C@@H](c1ccc(OC)cc1C(F)(F)F)N1CCNCC1.Cl.Cl. The lowest BCUT2D eigenvalue weighted by Gasteiger charge is -2.36. The summed E-state index contributed by atoms with van der Waals surface area (Å²) >= 11 is 0. The van der Waals surface area contributed by atoms with Gasteiger partial charge >= 0.3 is 6.18 Å². The van der Waals surface area contributed by atoms with Crippen LogP contribution in [0.25, 0.3) is 0 Å². The van der Waals surface area contributed by atoms with Crippen molar-refractivity contribution in [2.75, 3.05) is 33.3 Å². The number of hydrogen-bond acceptors (Lipinski definition) is 3. The zero-order valence-corrected chi connectivity index (χ0v) is 16.0. The van der Waals surface area contributed by atoms with Crippen LogP contribution in [0.1, 0.15) is 30.5 Å². The van der Waals surface area contributed by atoms with Crippen molar-refractivity contribution in [1.29, 1.82) is 0 Å². The molecule has 1 aliphatic heterocycles. The van der Waals surface area contributed by atoms with Crippen molar-refractivity contribution in [3.8, 4) is 5.75 Å². The van der Waals surface area contributed by atoms with Gasteiger partial charge in [0.1, 0.15) is 5.75 Å². The Bertz CT molecular complexity index is 561. The van der Waals surface area contributed by atoms with Gasteiger partial charge in [0.25, 0.3) is 0 Å². The topological polar surface area (TPSA) is 24.5 Å². The molecule has 0 bridgehead atoms. The van der Waals surface area contributed by atoms with E-state index in [0.29, 0.717) is 12.0 Å². The summed E-state index contributed by atoms with van der Waals surface area (Å²) in [7, 11) is 1.37. The van der Waals surface area contributed by atoms with Crippen LogP contribution >= 0.6 is 24.8 Å². The third-order valence-corrected chi connectivity index (χ3v) is 4.06. The van der Waals surface area contributed by atoms with Crippen LogP contribution in [0.4, 0.5) is 13.2 Å². The summed E-state index contributed by atoms with van der Waals surface area (Å²) in [5.74, 6) is 0.218. The minimum atomic E-state index is -4.41. The number of piperazine rings is 1. The predicted octanol–water partition coefficient (Wildman–Crippen LogP) is 4.47. The van der Waals surface area contributed by atoms with Gasteiger partial charge in [0.05, 0.1) is 12.7 Å². The van der Waals surface area contributed by atoms with Gasteiger partial charge < -0.3 is 10.1 Å². The van der Waals surface area contributed by atoms with Gasteiger partial charge in [0.15, 0.2) is 0 Å². The molecular formula is C17H25Cl2F3N2O. The summed E-state index contributed by atoms with van der Waals surface area (Å²) in [6.07, 6.45) is -3.90. The maximum Gasteiger partial charge on any atom is 0.416 e. The largest absolute Gasteiger partial charge is 0.497 e. The molecule has 2 rings (SSSR count). The van der Waals surface area contributed by atoms with Gasteiger partial charge in [0, 0.05) is 32.2 Å². The number of nitrogens with one attached hydrogen (secondary N) is 1. The summed E-state index contributed by atoms with van der Waals surface area (Å²) in [6.45, 7) is 8.76. The third-order valence-electron chi connectivity index (χ3n) is 4.06. The minimum absolute atomic E-state index is 0. The van der Waals surface area contributed by atoms with Gasteiger partial charge in [-0.2, -0.15) is 13.2 Å². The average Bonchev–Trinajstić information content (AvgIpc) is 2.52. The number of hydrogen-bond donors (Lipinski definition) is 1. The Morgan fingerprint density at radius 2 is 1.88 bits per heavy atom. The van der Waals surface area contributed by atoms with Crippen LogP contribution < -0.4 is 10.1 Å². The summed E-state index contributed by atoms with van der Waals surface area (Å²) in [4.78, 5) is 2.10. The van der Waals surface area contributed by atoms with Crippen molar-refractivity contribution < 1.29 is 17.9 Å².